The van der Waals surface area contributed by atoms with Crippen LogP contribution in [0.1, 0.15) is 52.9 Å². The third-order valence-corrected chi connectivity index (χ3v) is 5.78. The van der Waals surface area contributed by atoms with E-state index in [0.717, 1.165) is 6.42 Å². The smallest absolute Gasteiger partial charge is 0.266 e. The van der Waals surface area contributed by atoms with Gasteiger partial charge in [0.1, 0.15) is 5.82 Å². The predicted molar refractivity (Wildman–Crippen MR) is 127 cm³/mol. The molecule has 5 nitrogen and oxygen atoms in total. The molecular weight excluding hydrogens is 410 g/mol. The van der Waals surface area contributed by atoms with E-state index in [2.05, 4.69) is 13.8 Å². The monoisotopic (exact) mass is 439 g/mol. The quantitative estimate of drug-likeness (QED) is 0.479. The van der Waals surface area contributed by atoms with Crippen molar-refractivity contribution >= 4 is 28.4 Å². The highest BCUT2D eigenvalue weighted by Crippen LogP contribution is 2.27. The van der Waals surface area contributed by atoms with Gasteiger partial charge in [-0.1, -0.05) is 63.6 Å². The summed E-state index contributed by atoms with van der Waals surface area (Å²) in [5, 5.41) is 0.973. The summed E-state index contributed by atoms with van der Waals surface area (Å²) in [4.78, 5) is 33.4. The molecule has 1 heterocycles. The van der Waals surface area contributed by atoms with Crippen LogP contribution in [0.3, 0.4) is 0 Å². The van der Waals surface area contributed by atoms with E-state index in [1.54, 1.807) is 22.8 Å². The van der Waals surface area contributed by atoms with Crippen LogP contribution < -0.4 is 5.56 Å². The van der Waals surface area contributed by atoms with Crippen LogP contribution in [-0.2, 0) is 4.79 Å². The first-order chi connectivity index (χ1) is 14.7. The second-order valence-corrected chi connectivity index (χ2v) is 9.03. The van der Waals surface area contributed by atoms with Gasteiger partial charge < -0.3 is 4.90 Å². The topological polar surface area (TPSA) is 55.2 Å². The first-order valence-corrected chi connectivity index (χ1v) is 11.2. The first kappa shape index (κ1) is 23.0. The SMILES string of the molecule is CC(C)CCN(C(=O)C(C)C)C(C)c1nc2ccccc2c(=O)n1-c1ccccc1Cl. The lowest BCUT2D eigenvalue weighted by Gasteiger charge is -2.32. The molecule has 0 aliphatic carbocycles. The molecule has 6 heteroatoms. The van der Waals surface area contributed by atoms with Gasteiger partial charge >= 0.3 is 0 Å². The maximum absolute atomic E-state index is 13.6. The fraction of sp³-hybridized carbons (Fsp3) is 0.400. The summed E-state index contributed by atoms with van der Waals surface area (Å²) in [6.07, 6.45) is 0.868. The third kappa shape index (κ3) is 4.82. The number of amides is 1. The summed E-state index contributed by atoms with van der Waals surface area (Å²) in [6, 6.07) is 14.1. The van der Waals surface area contributed by atoms with Crippen molar-refractivity contribution in [2.24, 2.45) is 11.8 Å². The number of benzene rings is 2. The maximum atomic E-state index is 13.6. The molecule has 0 saturated heterocycles. The fourth-order valence-electron chi connectivity index (χ4n) is 3.66. The fourth-order valence-corrected chi connectivity index (χ4v) is 3.88. The zero-order chi connectivity index (χ0) is 22.7. The van der Waals surface area contributed by atoms with Gasteiger partial charge in [0.25, 0.3) is 5.56 Å². The summed E-state index contributed by atoms with van der Waals surface area (Å²) in [5.74, 6) is 0.844. The average molecular weight is 440 g/mol. The van der Waals surface area contributed by atoms with Crippen molar-refractivity contribution in [3.63, 3.8) is 0 Å². The Morgan fingerprint density at radius 2 is 1.68 bits per heavy atom. The molecule has 1 aromatic heterocycles. The highest BCUT2D eigenvalue weighted by Gasteiger charge is 2.28. The van der Waals surface area contributed by atoms with Gasteiger partial charge in [0.15, 0.2) is 0 Å². The minimum absolute atomic E-state index is 0.0428. The van der Waals surface area contributed by atoms with Gasteiger partial charge in [0.05, 0.1) is 27.7 Å². The van der Waals surface area contributed by atoms with Crippen LogP contribution in [0.2, 0.25) is 5.02 Å². The highest BCUT2D eigenvalue weighted by molar-refractivity contribution is 6.32. The molecule has 0 saturated carbocycles. The number of carbonyl (C=O) groups excluding carboxylic acids is 1. The van der Waals surface area contributed by atoms with E-state index in [-0.39, 0.29) is 17.4 Å². The van der Waals surface area contributed by atoms with E-state index < -0.39 is 6.04 Å². The molecule has 3 aromatic rings. The Morgan fingerprint density at radius 3 is 2.32 bits per heavy atom. The molecule has 1 amide bonds. The van der Waals surface area contributed by atoms with Crippen LogP contribution in [0.5, 0.6) is 0 Å². The molecule has 31 heavy (non-hydrogen) atoms. The second-order valence-electron chi connectivity index (χ2n) is 8.62. The molecule has 3 rings (SSSR count). The van der Waals surface area contributed by atoms with Crippen molar-refractivity contribution in [2.75, 3.05) is 6.54 Å². The molecule has 0 spiro atoms. The molecule has 0 N–H and O–H groups in total. The summed E-state index contributed by atoms with van der Waals surface area (Å²) < 4.78 is 1.56. The van der Waals surface area contributed by atoms with E-state index in [9.17, 15) is 9.59 Å². The molecular formula is C25H30ClN3O2. The summed E-state index contributed by atoms with van der Waals surface area (Å²) >= 11 is 6.49. The largest absolute Gasteiger partial charge is 0.333 e. The summed E-state index contributed by atoms with van der Waals surface area (Å²) in [5.41, 5.74) is 0.981. The standard InChI is InChI=1S/C25H30ClN3O2/c1-16(2)14-15-28(24(30)17(3)4)18(5)23-27-21-12-8-6-10-19(21)25(31)29(23)22-13-9-7-11-20(22)26/h6-13,16-18H,14-15H2,1-5H3. The molecule has 0 radical (unpaired) electrons. The number of aromatic nitrogens is 2. The Labute approximate surface area is 188 Å². The van der Waals surface area contributed by atoms with Crippen LogP contribution in [0.25, 0.3) is 16.6 Å². The van der Waals surface area contributed by atoms with Crippen LogP contribution >= 0.6 is 11.6 Å². The Hall–Kier alpha value is -2.66. The van der Waals surface area contributed by atoms with Crippen molar-refractivity contribution in [1.29, 1.82) is 0 Å². The zero-order valence-electron chi connectivity index (χ0n) is 18.8. The Balaban J connectivity index is 2.25. The summed E-state index contributed by atoms with van der Waals surface area (Å²) in [6.45, 7) is 10.6. The van der Waals surface area contributed by atoms with E-state index >= 15 is 0 Å². The van der Waals surface area contributed by atoms with Gasteiger partial charge in [-0.2, -0.15) is 0 Å². The van der Waals surface area contributed by atoms with Gasteiger partial charge in [-0.05, 0) is 43.5 Å². The number of rotatable bonds is 7. The predicted octanol–water partition coefficient (Wildman–Crippen LogP) is 5.63. The zero-order valence-corrected chi connectivity index (χ0v) is 19.6. The van der Waals surface area contributed by atoms with Crippen molar-refractivity contribution < 1.29 is 4.79 Å². The molecule has 0 fully saturated rings. The second kappa shape index (κ2) is 9.65. The molecule has 0 aliphatic rings. The van der Waals surface area contributed by atoms with Gasteiger partial charge in [0.2, 0.25) is 5.91 Å². The van der Waals surface area contributed by atoms with Crippen molar-refractivity contribution in [1.82, 2.24) is 14.5 Å². The normalized spacial score (nSPS) is 12.5. The Bertz CT molecular complexity index is 1140. The number of fused-ring (bicyclic) bond motifs is 1. The number of carbonyl (C=O) groups is 1. The number of para-hydroxylation sites is 2. The first-order valence-electron chi connectivity index (χ1n) is 10.8. The molecule has 164 valence electrons. The van der Waals surface area contributed by atoms with Gasteiger partial charge in [-0.25, -0.2) is 4.98 Å². The van der Waals surface area contributed by atoms with Crippen LogP contribution in [0.4, 0.5) is 0 Å². The molecule has 2 aromatic carbocycles. The number of nitrogens with zero attached hydrogens (tertiary/aromatic N) is 3. The molecule has 0 aliphatic heterocycles. The van der Waals surface area contributed by atoms with Crippen molar-refractivity contribution in [3.05, 3.63) is 69.7 Å². The Kier molecular flexibility index (Phi) is 7.16. The number of hydrogen-bond donors (Lipinski definition) is 0. The Morgan fingerprint density at radius 1 is 1.03 bits per heavy atom. The van der Waals surface area contributed by atoms with E-state index in [0.29, 0.717) is 39.9 Å². The number of hydrogen-bond acceptors (Lipinski definition) is 3. The lowest BCUT2D eigenvalue weighted by Crippen LogP contribution is -2.40. The number of halogens is 1. The maximum Gasteiger partial charge on any atom is 0.266 e. The minimum atomic E-state index is -0.401. The van der Waals surface area contributed by atoms with Gasteiger partial charge in [-0.15, -0.1) is 0 Å². The minimum Gasteiger partial charge on any atom is -0.333 e. The average Bonchev–Trinajstić information content (AvgIpc) is 2.74. The van der Waals surface area contributed by atoms with Crippen molar-refractivity contribution in [2.45, 2.75) is 47.1 Å². The van der Waals surface area contributed by atoms with E-state index in [1.807, 2.05) is 56.0 Å². The molecule has 1 atom stereocenters. The van der Waals surface area contributed by atoms with Crippen LogP contribution in [0, 0.1) is 11.8 Å². The lowest BCUT2D eigenvalue weighted by molar-refractivity contribution is -0.137. The highest BCUT2D eigenvalue weighted by atomic mass is 35.5. The lowest BCUT2D eigenvalue weighted by atomic mass is 10.1. The third-order valence-electron chi connectivity index (χ3n) is 5.46. The molecule has 0 bridgehead atoms. The van der Waals surface area contributed by atoms with Gasteiger partial charge in [-0.3, -0.25) is 14.2 Å². The van der Waals surface area contributed by atoms with Crippen LogP contribution in [0.15, 0.2) is 53.3 Å². The molecule has 1 unspecified atom stereocenters. The summed E-state index contributed by atoms with van der Waals surface area (Å²) in [7, 11) is 0. The van der Waals surface area contributed by atoms with Gasteiger partial charge in [0, 0.05) is 12.5 Å². The van der Waals surface area contributed by atoms with Crippen LogP contribution in [-0.4, -0.2) is 26.9 Å². The van der Waals surface area contributed by atoms with Crippen molar-refractivity contribution in [3.8, 4) is 5.69 Å². The van der Waals surface area contributed by atoms with E-state index in [1.165, 1.54) is 0 Å². The van der Waals surface area contributed by atoms with E-state index in [4.69, 9.17) is 16.6 Å².